The Balaban J connectivity index is 2.21. The number of nitrogens with one attached hydrogen (secondary N) is 1. The predicted molar refractivity (Wildman–Crippen MR) is 61.5 cm³/mol. The summed E-state index contributed by atoms with van der Waals surface area (Å²) in [5, 5.41) is 0. The minimum absolute atomic E-state index is 0.0846. The fourth-order valence-corrected chi connectivity index (χ4v) is 2.23. The van der Waals surface area contributed by atoms with Crippen molar-refractivity contribution in [3.8, 4) is 0 Å². The summed E-state index contributed by atoms with van der Waals surface area (Å²) in [4.78, 5) is 0. The third-order valence-electron chi connectivity index (χ3n) is 3.10. The van der Waals surface area contributed by atoms with Gasteiger partial charge in [0.05, 0.1) is 4.47 Å². The third kappa shape index (κ3) is 2.22. The maximum absolute atomic E-state index is 13.3. The number of nitrogens with two attached hydrogens (primary N) is 1. The quantitative estimate of drug-likeness (QED) is 0.656. The summed E-state index contributed by atoms with van der Waals surface area (Å²) in [6.45, 7) is 0. The van der Waals surface area contributed by atoms with Crippen LogP contribution >= 0.6 is 15.9 Å². The van der Waals surface area contributed by atoms with Crippen LogP contribution < -0.4 is 11.3 Å². The Morgan fingerprint density at radius 2 is 2.20 bits per heavy atom. The number of hydrazine groups is 1. The van der Waals surface area contributed by atoms with Gasteiger partial charge in [-0.05, 0) is 52.4 Å². The fourth-order valence-electron chi connectivity index (χ4n) is 1.98. The van der Waals surface area contributed by atoms with Crippen molar-refractivity contribution in [1.29, 1.82) is 0 Å². The summed E-state index contributed by atoms with van der Waals surface area (Å²) in [5.41, 5.74) is 3.72. The third-order valence-corrected chi connectivity index (χ3v) is 3.75. The van der Waals surface area contributed by atoms with Gasteiger partial charge in [-0.2, -0.15) is 0 Å². The monoisotopic (exact) mass is 272 g/mol. The average molecular weight is 273 g/mol. The second-order valence-corrected chi connectivity index (χ2v) is 4.86. The normalized spacial score (nSPS) is 18.6. The maximum atomic E-state index is 13.3. The molecule has 2 nitrogen and oxygen atoms in total. The van der Waals surface area contributed by atoms with Crippen molar-refractivity contribution in [1.82, 2.24) is 5.43 Å². The van der Waals surface area contributed by atoms with Crippen LogP contribution in [0.5, 0.6) is 0 Å². The van der Waals surface area contributed by atoms with Gasteiger partial charge in [0.2, 0.25) is 0 Å². The zero-order valence-electron chi connectivity index (χ0n) is 8.34. The van der Waals surface area contributed by atoms with Crippen molar-refractivity contribution in [2.75, 3.05) is 0 Å². The molecule has 2 rings (SSSR count). The molecule has 0 aliphatic heterocycles. The molecule has 0 saturated heterocycles. The van der Waals surface area contributed by atoms with E-state index in [4.69, 9.17) is 5.84 Å². The van der Waals surface area contributed by atoms with E-state index in [1.807, 2.05) is 6.07 Å². The predicted octanol–water partition coefficient (Wildman–Crippen LogP) is 2.89. The first-order valence-electron chi connectivity index (χ1n) is 5.13. The lowest BCUT2D eigenvalue weighted by molar-refractivity contribution is 0.232. The van der Waals surface area contributed by atoms with Crippen LogP contribution in [0.15, 0.2) is 22.7 Å². The first kappa shape index (κ1) is 11.0. The van der Waals surface area contributed by atoms with Crippen LogP contribution in [0.2, 0.25) is 0 Å². The van der Waals surface area contributed by atoms with Crippen molar-refractivity contribution in [2.45, 2.75) is 25.3 Å². The number of hydrogen-bond acceptors (Lipinski definition) is 2. The van der Waals surface area contributed by atoms with E-state index in [-0.39, 0.29) is 11.9 Å². The van der Waals surface area contributed by atoms with Gasteiger partial charge in [0.1, 0.15) is 5.82 Å². The van der Waals surface area contributed by atoms with Gasteiger partial charge >= 0.3 is 0 Å². The fraction of sp³-hybridized carbons (Fsp3) is 0.455. The SMILES string of the molecule is NNC(c1ccc(Br)c(F)c1)C1CCC1. The van der Waals surface area contributed by atoms with Crippen LogP contribution in [-0.4, -0.2) is 0 Å². The molecule has 0 amide bonds. The van der Waals surface area contributed by atoms with Crippen molar-refractivity contribution in [3.05, 3.63) is 34.1 Å². The Bertz CT molecular complexity index is 352. The van der Waals surface area contributed by atoms with Crippen LogP contribution in [0.25, 0.3) is 0 Å². The van der Waals surface area contributed by atoms with Crippen molar-refractivity contribution in [3.63, 3.8) is 0 Å². The summed E-state index contributed by atoms with van der Waals surface area (Å²) in [6, 6.07) is 5.28. The standard InChI is InChI=1S/C11H14BrFN2/c12-9-5-4-8(6-10(9)13)11(15-14)7-2-1-3-7/h4-7,11,15H,1-3,14H2. The van der Waals surface area contributed by atoms with E-state index < -0.39 is 0 Å². The molecular formula is C11H14BrFN2. The Hall–Kier alpha value is -0.450. The zero-order chi connectivity index (χ0) is 10.8. The second kappa shape index (κ2) is 4.60. The molecule has 0 bridgehead atoms. The first-order valence-corrected chi connectivity index (χ1v) is 5.92. The van der Waals surface area contributed by atoms with E-state index in [9.17, 15) is 4.39 Å². The molecule has 0 radical (unpaired) electrons. The minimum Gasteiger partial charge on any atom is -0.271 e. The Morgan fingerprint density at radius 1 is 1.47 bits per heavy atom. The summed E-state index contributed by atoms with van der Waals surface area (Å²) >= 11 is 3.14. The van der Waals surface area contributed by atoms with Gasteiger partial charge < -0.3 is 0 Å². The molecular weight excluding hydrogens is 259 g/mol. The van der Waals surface area contributed by atoms with Gasteiger partial charge in [-0.15, -0.1) is 0 Å². The lowest BCUT2D eigenvalue weighted by Gasteiger charge is -2.33. The molecule has 1 unspecified atom stereocenters. The highest BCUT2D eigenvalue weighted by Crippen LogP contribution is 2.37. The molecule has 0 aromatic heterocycles. The largest absolute Gasteiger partial charge is 0.271 e. The molecule has 1 atom stereocenters. The van der Waals surface area contributed by atoms with Crippen molar-refractivity contribution >= 4 is 15.9 Å². The highest BCUT2D eigenvalue weighted by atomic mass is 79.9. The van der Waals surface area contributed by atoms with E-state index in [0.29, 0.717) is 10.4 Å². The molecule has 1 aliphatic rings. The van der Waals surface area contributed by atoms with Gasteiger partial charge in [-0.3, -0.25) is 11.3 Å². The number of hydrogen-bond donors (Lipinski definition) is 2. The van der Waals surface area contributed by atoms with E-state index in [0.717, 1.165) is 5.56 Å². The van der Waals surface area contributed by atoms with E-state index in [1.54, 1.807) is 12.1 Å². The van der Waals surface area contributed by atoms with Crippen LogP contribution in [-0.2, 0) is 0 Å². The lowest BCUT2D eigenvalue weighted by Crippen LogP contribution is -2.36. The summed E-state index contributed by atoms with van der Waals surface area (Å²) in [6.07, 6.45) is 3.60. The van der Waals surface area contributed by atoms with Crippen molar-refractivity contribution in [2.24, 2.45) is 11.8 Å². The molecule has 3 N–H and O–H groups in total. The van der Waals surface area contributed by atoms with E-state index in [2.05, 4.69) is 21.4 Å². The molecule has 1 fully saturated rings. The molecule has 4 heteroatoms. The smallest absolute Gasteiger partial charge is 0.137 e. The minimum atomic E-state index is -0.230. The number of rotatable bonds is 3. The molecule has 0 heterocycles. The zero-order valence-corrected chi connectivity index (χ0v) is 9.93. The average Bonchev–Trinajstić information content (AvgIpc) is 2.16. The van der Waals surface area contributed by atoms with E-state index in [1.165, 1.54) is 19.3 Å². The number of halogens is 2. The summed E-state index contributed by atoms with van der Waals surface area (Å²) < 4.78 is 13.8. The molecule has 15 heavy (non-hydrogen) atoms. The Labute approximate surface area is 97.1 Å². The maximum Gasteiger partial charge on any atom is 0.137 e. The topological polar surface area (TPSA) is 38.0 Å². The molecule has 1 aromatic rings. The summed E-state index contributed by atoms with van der Waals surface area (Å²) in [5.74, 6) is 5.84. The molecule has 1 aliphatic carbocycles. The molecule has 82 valence electrons. The van der Waals surface area contributed by atoms with Crippen molar-refractivity contribution < 1.29 is 4.39 Å². The summed E-state index contributed by atoms with van der Waals surface area (Å²) in [7, 11) is 0. The van der Waals surface area contributed by atoms with E-state index >= 15 is 0 Å². The Morgan fingerprint density at radius 3 is 2.67 bits per heavy atom. The molecule has 1 saturated carbocycles. The van der Waals surface area contributed by atoms with Crippen LogP contribution in [0.1, 0.15) is 30.9 Å². The highest BCUT2D eigenvalue weighted by molar-refractivity contribution is 9.10. The van der Waals surface area contributed by atoms with Gasteiger partial charge in [0.15, 0.2) is 0 Å². The first-order chi connectivity index (χ1) is 7.22. The van der Waals surface area contributed by atoms with Crippen LogP contribution in [0.3, 0.4) is 0 Å². The number of benzene rings is 1. The van der Waals surface area contributed by atoms with Gasteiger partial charge in [-0.25, -0.2) is 4.39 Å². The van der Waals surface area contributed by atoms with Gasteiger partial charge in [0, 0.05) is 6.04 Å². The highest BCUT2D eigenvalue weighted by Gasteiger charge is 2.27. The second-order valence-electron chi connectivity index (χ2n) is 4.01. The van der Waals surface area contributed by atoms with Gasteiger partial charge in [0.25, 0.3) is 0 Å². The van der Waals surface area contributed by atoms with Gasteiger partial charge in [-0.1, -0.05) is 12.5 Å². The van der Waals surface area contributed by atoms with Crippen LogP contribution in [0.4, 0.5) is 4.39 Å². The molecule has 1 aromatic carbocycles. The Kier molecular flexibility index (Phi) is 3.38. The molecule has 0 spiro atoms. The lowest BCUT2D eigenvalue weighted by atomic mass is 9.77. The van der Waals surface area contributed by atoms with Crippen LogP contribution in [0, 0.1) is 11.7 Å².